The van der Waals surface area contributed by atoms with Crippen molar-refractivity contribution < 1.29 is 18.0 Å². The van der Waals surface area contributed by atoms with Gasteiger partial charge in [0, 0.05) is 5.56 Å². The van der Waals surface area contributed by atoms with Crippen molar-refractivity contribution in [1.29, 1.82) is 0 Å². The maximum absolute atomic E-state index is 12.9. The summed E-state index contributed by atoms with van der Waals surface area (Å²) in [6.07, 6.45) is -3.13. The second kappa shape index (κ2) is 6.59. The van der Waals surface area contributed by atoms with Gasteiger partial charge in [-0.1, -0.05) is 12.1 Å². The molecule has 3 aromatic rings. The number of nitrogens with zero attached hydrogens (tertiary/aromatic N) is 4. The molecule has 25 heavy (non-hydrogen) atoms. The molecular weight excluding hydrogens is 337 g/mol. The van der Waals surface area contributed by atoms with Gasteiger partial charge in [0.2, 0.25) is 0 Å². The van der Waals surface area contributed by atoms with Crippen LogP contribution in [0.2, 0.25) is 0 Å². The van der Waals surface area contributed by atoms with E-state index in [1.807, 2.05) is 0 Å². The lowest BCUT2D eigenvalue weighted by molar-refractivity contribution is -0.137. The van der Waals surface area contributed by atoms with Gasteiger partial charge < -0.3 is 0 Å². The molecule has 0 aliphatic rings. The Balaban J connectivity index is 1.69. The number of hydrazine groups is 1. The number of alkyl halides is 3. The van der Waals surface area contributed by atoms with Crippen molar-refractivity contribution in [3.63, 3.8) is 0 Å². The standard InChI is InChI=1S/C15H11F3N6O/c16-15(17,18)12-3-1-2-4-13(12)20-21-14(25)10-5-7-11(8-6-10)24-9-19-22-23-24/h1-9,20H,(H,21,25). The number of tetrazole rings is 1. The lowest BCUT2D eigenvalue weighted by atomic mass is 10.2. The molecule has 10 heteroatoms. The molecule has 0 radical (unpaired) electrons. The Hall–Kier alpha value is -3.43. The zero-order chi connectivity index (χ0) is 17.9. The van der Waals surface area contributed by atoms with Crippen LogP contribution in [0.15, 0.2) is 54.9 Å². The molecule has 2 aromatic carbocycles. The molecule has 0 unspecified atom stereocenters. The van der Waals surface area contributed by atoms with Gasteiger partial charge in [-0.05, 0) is 46.8 Å². The number of aromatic nitrogens is 4. The van der Waals surface area contributed by atoms with Crippen LogP contribution in [0.5, 0.6) is 0 Å². The van der Waals surface area contributed by atoms with Crippen LogP contribution >= 0.6 is 0 Å². The van der Waals surface area contributed by atoms with E-state index in [1.54, 1.807) is 12.1 Å². The molecule has 1 aromatic heterocycles. The smallest absolute Gasteiger partial charge is 0.298 e. The number of rotatable bonds is 4. The average molecular weight is 348 g/mol. The number of hydrogen-bond donors (Lipinski definition) is 2. The summed E-state index contributed by atoms with van der Waals surface area (Å²) in [6, 6.07) is 11.1. The maximum atomic E-state index is 12.9. The Morgan fingerprint density at radius 2 is 1.76 bits per heavy atom. The molecule has 0 atom stereocenters. The summed E-state index contributed by atoms with van der Waals surface area (Å²) in [6.45, 7) is 0. The van der Waals surface area contributed by atoms with Gasteiger partial charge in [-0.3, -0.25) is 15.6 Å². The Labute approximate surface area is 139 Å². The number of carbonyl (C=O) groups is 1. The molecule has 1 amide bonds. The number of anilines is 1. The Kier molecular flexibility index (Phi) is 4.33. The van der Waals surface area contributed by atoms with E-state index in [4.69, 9.17) is 0 Å². The second-order valence-electron chi connectivity index (χ2n) is 4.92. The minimum atomic E-state index is -4.53. The van der Waals surface area contributed by atoms with E-state index < -0.39 is 17.6 Å². The first kappa shape index (κ1) is 16.4. The van der Waals surface area contributed by atoms with Gasteiger partial charge in [0.15, 0.2) is 0 Å². The van der Waals surface area contributed by atoms with Crippen molar-refractivity contribution >= 4 is 11.6 Å². The SMILES string of the molecule is O=C(NNc1ccccc1C(F)(F)F)c1ccc(-n2cnnn2)cc1. The number of para-hydroxylation sites is 1. The molecule has 3 rings (SSSR count). The molecule has 0 saturated carbocycles. The van der Waals surface area contributed by atoms with Gasteiger partial charge in [0.1, 0.15) is 6.33 Å². The van der Waals surface area contributed by atoms with Crippen LogP contribution in [0.25, 0.3) is 5.69 Å². The highest BCUT2D eigenvalue weighted by molar-refractivity contribution is 5.95. The monoisotopic (exact) mass is 348 g/mol. The van der Waals surface area contributed by atoms with Gasteiger partial charge in [-0.15, -0.1) is 5.10 Å². The highest BCUT2D eigenvalue weighted by Crippen LogP contribution is 2.34. The molecule has 0 fully saturated rings. The third-order valence-corrected chi connectivity index (χ3v) is 3.29. The second-order valence-corrected chi connectivity index (χ2v) is 4.92. The molecule has 0 saturated heterocycles. The van der Waals surface area contributed by atoms with E-state index >= 15 is 0 Å². The third kappa shape index (κ3) is 3.74. The summed E-state index contributed by atoms with van der Waals surface area (Å²) in [5, 5.41) is 10.7. The summed E-state index contributed by atoms with van der Waals surface area (Å²) in [5.74, 6) is -0.583. The highest BCUT2D eigenvalue weighted by atomic mass is 19.4. The van der Waals surface area contributed by atoms with Crippen molar-refractivity contribution in [1.82, 2.24) is 25.6 Å². The van der Waals surface area contributed by atoms with Gasteiger partial charge in [-0.2, -0.15) is 13.2 Å². The minimum absolute atomic E-state index is 0.242. The van der Waals surface area contributed by atoms with Crippen LogP contribution < -0.4 is 10.9 Å². The molecule has 0 spiro atoms. The van der Waals surface area contributed by atoms with Gasteiger partial charge in [0.05, 0.1) is 16.9 Å². The predicted molar refractivity (Wildman–Crippen MR) is 81.7 cm³/mol. The van der Waals surface area contributed by atoms with Crippen molar-refractivity contribution in [2.45, 2.75) is 6.18 Å². The normalized spacial score (nSPS) is 11.2. The topological polar surface area (TPSA) is 84.7 Å². The number of nitrogens with one attached hydrogen (secondary N) is 2. The average Bonchev–Trinajstić information content (AvgIpc) is 3.14. The number of carbonyl (C=O) groups excluding carboxylic acids is 1. The van der Waals surface area contributed by atoms with E-state index in [9.17, 15) is 18.0 Å². The van der Waals surface area contributed by atoms with Crippen LogP contribution in [-0.2, 0) is 6.18 Å². The molecule has 0 bridgehead atoms. The predicted octanol–water partition coefficient (Wildman–Crippen LogP) is 2.44. The van der Waals surface area contributed by atoms with E-state index in [0.29, 0.717) is 5.69 Å². The molecule has 128 valence electrons. The summed E-state index contributed by atoms with van der Waals surface area (Å²) in [5.41, 5.74) is 4.33. The molecular formula is C15H11F3N6O. The Bertz CT molecular complexity index is 862. The zero-order valence-corrected chi connectivity index (χ0v) is 12.5. The summed E-state index contributed by atoms with van der Waals surface area (Å²) >= 11 is 0. The van der Waals surface area contributed by atoms with Crippen LogP contribution in [0, 0.1) is 0 Å². The Morgan fingerprint density at radius 1 is 1.04 bits per heavy atom. The first-order valence-corrected chi connectivity index (χ1v) is 7.01. The van der Waals surface area contributed by atoms with E-state index in [2.05, 4.69) is 26.4 Å². The summed E-state index contributed by atoms with van der Waals surface area (Å²) < 4.78 is 40.1. The number of amides is 1. The quantitative estimate of drug-likeness (QED) is 0.708. The van der Waals surface area contributed by atoms with Crippen LogP contribution in [0.4, 0.5) is 18.9 Å². The van der Waals surface area contributed by atoms with Crippen LogP contribution in [-0.4, -0.2) is 26.1 Å². The van der Waals surface area contributed by atoms with Crippen molar-refractivity contribution in [2.75, 3.05) is 5.43 Å². The molecule has 0 aliphatic carbocycles. The Morgan fingerprint density at radius 3 is 2.40 bits per heavy atom. The fourth-order valence-corrected chi connectivity index (χ4v) is 2.08. The van der Waals surface area contributed by atoms with Crippen LogP contribution in [0.3, 0.4) is 0 Å². The van der Waals surface area contributed by atoms with E-state index in [-0.39, 0.29) is 11.3 Å². The molecule has 2 N–H and O–H groups in total. The van der Waals surface area contributed by atoms with Crippen molar-refractivity contribution in [3.05, 3.63) is 66.0 Å². The fourth-order valence-electron chi connectivity index (χ4n) is 2.08. The number of halogens is 3. The van der Waals surface area contributed by atoms with Crippen LogP contribution in [0.1, 0.15) is 15.9 Å². The van der Waals surface area contributed by atoms with Gasteiger partial charge >= 0.3 is 6.18 Å². The first-order valence-electron chi connectivity index (χ1n) is 7.01. The molecule has 0 aliphatic heterocycles. The largest absolute Gasteiger partial charge is 0.418 e. The van der Waals surface area contributed by atoms with Gasteiger partial charge in [0.25, 0.3) is 5.91 Å². The summed E-state index contributed by atoms with van der Waals surface area (Å²) in [7, 11) is 0. The van der Waals surface area contributed by atoms with Crippen molar-refractivity contribution in [3.8, 4) is 5.69 Å². The zero-order valence-electron chi connectivity index (χ0n) is 12.5. The minimum Gasteiger partial charge on any atom is -0.298 e. The highest BCUT2D eigenvalue weighted by Gasteiger charge is 2.33. The number of hydrogen-bond acceptors (Lipinski definition) is 5. The third-order valence-electron chi connectivity index (χ3n) is 3.29. The van der Waals surface area contributed by atoms with E-state index in [1.165, 1.54) is 41.3 Å². The lowest BCUT2D eigenvalue weighted by Gasteiger charge is -2.15. The lowest BCUT2D eigenvalue weighted by Crippen LogP contribution is -2.30. The summed E-state index contributed by atoms with van der Waals surface area (Å²) in [4.78, 5) is 12.1. The molecule has 1 heterocycles. The molecule has 7 nitrogen and oxygen atoms in total. The number of benzene rings is 2. The maximum Gasteiger partial charge on any atom is 0.418 e. The fraction of sp³-hybridized carbons (Fsp3) is 0.0667. The van der Waals surface area contributed by atoms with E-state index in [0.717, 1.165) is 6.07 Å². The first-order chi connectivity index (χ1) is 11.9. The van der Waals surface area contributed by atoms with Crippen molar-refractivity contribution in [2.24, 2.45) is 0 Å². The van der Waals surface area contributed by atoms with Gasteiger partial charge in [-0.25, -0.2) is 4.68 Å².